The predicted octanol–water partition coefficient (Wildman–Crippen LogP) is 5.69. The lowest BCUT2D eigenvalue weighted by Gasteiger charge is -2.15. The maximum atomic E-state index is 12.8. The van der Waals surface area contributed by atoms with Gasteiger partial charge < -0.3 is 20.1 Å². The highest BCUT2D eigenvalue weighted by Crippen LogP contribution is 2.35. The van der Waals surface area contributed by atoms with E-state index in [0.29, 0.717) is 45.4 Å². The second-order valence-corrected chi connectivity index (χ2v) is 8.22. The lowest BCUT2D eigenvalue weighted by molar-refractivity contribution is 0.0534. The summed E-state index contributed by atoms with van der Waals surface area (Å²) in [5.41, 5.74) is 4.55. The summed E-state index contributed by atoms with van der Waals surface area (Å²) in [6, 6.07) is 19.2. The fourth-order valence-corrected chi connectivity index (χ4v) is 3.75. The number of benzene rings is 3. The van der Waals surface area contributed by atoms with E-state index in [1.807, 2.05) is 37.3 Å². The molecule has 0 spiro atoms. The van der Waals surface area contributed by atoms with E-state index < -0.39 is 5.91 Å². The Morgan fingerprint density at radius 1 is 1.00 bits per heavy atom. The van der Waals surface area contributed by atoms with Gasteiger partial charge in [0.25, 0.3) is 5.91 Å². The monoisotopic (exact) mass is 520 g/mol. The number of halogens is 1. The third kappa shape index (κ3) is 6.46. The van der Waals surface area contributed by atoms with E-state index in [0.717, 1.165) is 5.56 Å². The number of aromatic nitrogens is 1. The van der Waals surface area contributed by atoms with Gasteiger partial charge in [0.2, 0.25) is 0 Å². The molecule has 0 unspecified atom stereocenters. The number of fused-ring (bicyclic) bond motifs is 1. The Morgan fingerprint density at radius 3 is 2.54 bits per heavy atom. The number of pyridine rings is 1. The molecule has 4 rings (SSSR count). The van der Waals surface area contributed by atoms with Crippen molar-refractivity contribution in [2.24, 2.45) is 0 Å². The van der Waals surface area contributed by atoms with E-state index in [9.17, 15) is 9.59 Å². The summed E-state index contributed by atoms with van der Waals surface area (Å²) in [6.45, 7) is 2.58. The van der Waals surface area contributed by atoms with Crippen molar-refractivity contribution in [2.45, 2.75) is 13.5 Å². The maximum Gasteiger partial charge on any atom is 0.319 e. The molecule has 4 aromatic rings. The molecule has 3 N–H and O–H groups in total. The van der Waals surface area contributed by atoms with Crippen molar-refractivity contribution in [3.63, 3.8) is 0 Å². The Morgan fingerprint density at radius 2 is 1.81 bits per heavy atom. The number of hydroxylamine groups is 1. The topological polar surface area (TPSA) is 111 Å². The molecule has 9 nitrogen and oxygen atoms in total. The normalized spacial score (nSPS) is 10.6. The number of hydrogen-bond donors (Lipinski definition) is 3. The third-order valence-corrected chi connectivity index (χ3v) is 5.55. The molecule has 0 saturated heterocycles. The summed E-state index contributed by atoms with van der Waals surface area (Å²) >= 11 is 6.35. The number of carbonyl (C=O) groups excluding carboxylic acids is 2. The number of carbonyl (C=O) groups is 2. The van der Waals surface area contributed by atoms with E-state index in [2.05, 4.69) is 21.1 Å². The number of amides is 3. The molecule has 10 heteroatoms. The zero-order valence-electron chi connectivity index (χ0n) is 20.2. The van der Waals surface area contributed by atoms with Gasteiger partial charge in [-0.25, -0.2) is 10.3 Å². The van der Waals surface area contributed by atoms with E-state index in [1.54, 1.807) is 42.6 Å². The first-order valence-electron chi connectivity index (χ1n) is 11.4. The Balaban J connectivity index is 1.64. The summed E-state index contributed by atoms with van der Waals surface area (Å²) in [4.78, 5) is 33.8. The molecule has 37 heavy (non-hydrogen) atoms. The molecule has 0 saturated carbocycles. The fraction of sp³-hybridized carbons (Fsp3) is 0.148. The van der Waals surface area contributed by atoms with Crippen molar-refractivity contribution < 1.29 is 23.9 Å². The first-order valence-corrected chi connectivity index (χ1v) is 11.8. The summed E-state index contributed by atoms with van der Waals surface area (Å²) in [5.74, 6) is 0.753. The van der Waals surface area contributed by atoms with Gasteiger partial charge >= 0.3 is 6.03 Å². The zero-order chi connectivity index (χ0) is 26.2. The largest absolute Gasteiger partial charge is 0.488 e. The number of anilines is 1. The first kappa shape index (κ1) is 25.7. The molecule has 0 radical (unpaired) electrons. The molecule has 3 aromatic carbocycles. The minimum Gasteiger partial charge on any atom is -0.488 e. The zero-order valence-corrected chi connectivity index (χ0v) is 21.0. The van der Waals surface area contributed by atoms with Crippen LogP contribution in [0.4, 0.5) is 10.5 Å². The van der Waals surface area contributed by atoms with Crippen LogP contribution >= 0.6 is 11.6 Å². The summed E-state index contributed by atoms with van der Waals surface area (Å²) < 4.78 is 12.1. The van der Waals surface area contributed by atoms with Crippen LogP contribution in [0.15, 0.2) is 72.9 Å². The van der Waals surface area contributed by atoms with Crippen LogP contribution in [-0.4, -0.2) is 30.6 Å². The highest BCUT2D eigenvalue weighted by Gasteiger charge is 2.18. The minimum atomic E-state index is -0.480. The molecule has 1 aromatic heterocycles. The lowest BCUT2D eigenvalue weighted by atomic mass is 10.1. The molecular formula is C27H25ClN4O5. The molecule has 3 amide bonds. The van der Waals surface area contributed by atoms with Crippen LogP contribution in [0.3, 0.4) is 0 Å². The van der Waals surface area contributed by atoms with Crippen LogP contribution in [0, 0.1) is 0 Å². The number of hydrogen-bond acceptors (Lipinski definition) is 6. The van der Waals surface area contributed by atoms with Crippen LogP contribution in [0.25, 0.3) is 10.9 Å². The Kier molecular flexibility index (Phi) is 8.40. The molecule has 0 bridgehead atoms. The SMILES string of the molecule is CCNC(=O)Nc1ccc(Oc2ccnc3cc(OCc4ccccc4)c(C(=O)NOC)cc23)cc1Cl. The first-order chi connectivity index (χ1) is 18.0. The fourth-order valence-electron chi connectivity index (χ4n) is 3.53. The molecule has 0 fully saturated rings. The predicted molar refractivity (Wildman–Crippen MR) is 141 cm³/mol. The Hall–Kier alpha value is -4.34. The molecule has 0 atom stereocenters. The van der Waals surface area contributed by atoms with E-state index in [4.69, 9.17) is 25.9 Å². The number of ether oxygens (including phenoxy) is 2. The molecular weight excluding hydrogens is 496 g/mol. The van der Waals surface area contributed by atoms with Crippen molar-refractivity contribution in [3.05, 3.63) is 89.1 Å². The minimum absolute atomic E-state index is 0.252. The highest BCUT2D eigenvalue weighted by molar-refractivity contribution is 6.33. The highest BCUT2D eigenvalue weighted by atomic mass is 35.5. The number of nitrogens with one attached hydrogen (secondary N) is 3. The average Bonchev–Trinajstić information content (AvgIpc) is 2.89. The van der Waals surface area contributed by atoms with Crippen LogP contribution in [0.5, 0.6) is 17.2 Å². The van der Waals surface area contributed by atoms with Gasteiger partial charge in [0.1, 0.15) is 23.9 Å². The van der Waals surface area contributed by atoms with Crippen LogP contribution in [0.2, 0.25) is 5.02 Å². The molecule has 190 valence electrons. The Labute approximate surface area is 218 Å². The van der Waals surface area contributed by atoms with Gasteiger partial charge in [-0.05, 0) is 36.8 Å². The van der Waals surface area contributed by atoms with Gasteiger partial charge in [-0.3, -0.25) is 14.6 Å². The molecule has 0 aliphatic carbocycles. The van der Waals surface area contributed by atoms with Gasteiger partial charge in [-0.2, -0.15) is 0 Å². The Bertz CT molecular complexity index is 1420. The van der Waals surface area contributed by atoms with Gasteiger partial charge in [0, 0.05) is 30.3 Å². The quantitative estimate of drug-likeness (QED) is 0.244. The van der Waals surface area contributed by atoms with E-state index in [-0.39, 0.29) is 18.2 Å². The molecule has 0 aliphatic heterocycles. The van der Waals surface area contributed by atoms with Crippen LogP contribution in [0.1, 0.15) is 22.8 Å². The smallest absolute Gasteiger partial charge is 0.319 e. The molecule has 1 heterocycles. The van der Waals surface area contributed by atoms with Gasteiger partial charge in [0.05, 0.1) is 28.9 Å². The summed E-state index contributed by atoms with van der Waals surface area (Å²) in [6.07, 6.45) is 1.60. The maximum absolute atomic E-state index is 12.8. The standard InChI is InChI=1S/C27H25ClN4O5/c1-3-29-27(34)31-22-10-9-18(13-21(22)28)37-24-11-12-30-23-15-25(36-16-17-7-5-4-6-8-17)20(14-19(23)24)26(33)32-35-2/h4-15H,3,16H2,1-2H3,(H,32,33)(H2,29,31,34). The van der Waals surface area contributed by atoms with Gasteiger partial charge in [-0.15, -0.1) is 0 Å². The number of nitrogens with zero attached hydrogens (tertiary/aromatic N) is 1. The van der Waals surface area contributed by atoms with Crippen molar-refractivity contribution in [1.29, 1.82) is 0 Å². The lowest BCUT2D eigenvalue weighted by Crippen LogP contribution is -2.28. The average molecular weight is 521 g/mol. The second-order valence-electron chi connectivity index (χ2n) is 7.81. The van der Waals surface area contributed by atoms with Gasteiger partial charge in [-0.1, -0.05) is 41.9 Å². The number of urea groups is 1. The third-order valence-electron chi connectivity index (χ3n) is 5.23. The van der Waals surface area contributed by atoms with E-state index >= 15 is 0 Å². The number of rotatable bonds is 9. The van der Waals surface area contributed by atoms with Crippen LogP contribution < -0.4 is 25.6 Å². The second kappa shape index (κ2) is 12.1. The summed E-state index contributed by atoms with van der Waals surface area (Å²) in [5, 5.41) is 6.20. The van der Waals surface area contributed by atoms with Crippen molar-refractivity contribution in [1.82, 2.24) is 15.8 Å². The van der Waals surface area contributed by atoms with Crippen molar-refractivity contribution >= 4 is 40.1 Å². The summed E-state index contributed by atoms with van der Waals surface area (Å²) in [7, 11) is 1.35. The van der Waals surface area contributed by atoms with Crippen molar-refractivity contribution in [2.75, 3.05) is 19.0 Å². The van der Waals surface area contributed by atoms with Crippen molar-refractivity contribution in [3.8, 4) is 17.2 Å². The van der Waals surface area contributed by atoms with E-state index in [1.165, 1.54) is 7.11 Å². The molecule has 0 aliphatic rings. The van der Waals surface area contributed by atoms with Gasteiger partial charge in [0.15, 0.2) is 0 Å². The van der Waals surface area contributed by atoms with Crippen LogP contribution in [-0.2, 0) is 11.4 Å².